The average Bonchev–Trinajstić information content (AvgIpc) is 4.20. The molecule has 0 N–H and O–H groups in total. The molecule has 0 amide bonds. The van der Waals surface area contributed by atoms with E-state index in [1.165, 1.54) is 136 Å². The molecule has 0 nitrogen and oxygen atoms in total. The highest BCUT2D eigenvalue weighted by Crippen LogP contribution is 2.59. The molecular formula is C68H60S2. The quantitative estimate of drug-likeness (QED) is 0.133. The van der Waals surface area contributed by atoms with E-state index in [0.29, 0.717) is 0 Å². The molecule has 4 aliphatic rings. The lowest BCUT2D eigenvalue weighted by atomic mass is 9.77. The van der Waals surface area contributed by atoms with Crippen LogP contribution in [0.1, 0.15) is 125 Å². The first-order valence-electron chi connectivity index (χ1n) is 24.9. The van der Waals surface area contributed by atoms with E-state index in [9.17, 15) is 0 Å². The molecule has 0 saturated heterocycles. The van der Waals surface area contributed by atoms with Crippen LogP contribution in [0.4, 0.5) is 0 Å². The van der Waals surface area contributed by atoms with Gasteiger partial charge in [0.05, 0.1) is 0 Å². The van der Waals surface area contributed by atoms with Crippen LogP contribution in [0.15, 0.2) is 171 Å². The van der Waals surface area contributed by atoms with Gasteiger partial charge in [-0.1, -0.05) is 166 Å². The van der Waals surface area contributed by atoms with Gasteiger partial charge in [0.25, 0.3) is 0 Å². The maximum absolute atomic E-state index is 4.12. The van der Waals surface area contributed by atoms with Gasteiger partial charge in [-0.25, -0.2) is 0 Å². The zero-order valence-corrected chi connectivity index (χ0v) is 43.9. The molecule has 70 heavy (non-hydrogen) atoms. The molecule has 0 radical (unpaired) electrons. The Morgan fingerprint density at radius 2 is 0.714 bits per heavy atom. The fourth-order valence-corrected chi connectivity index (χ4v) is 14.8. The maximum atomic E-state index is 4.12. The van der Waals surface area contributed by atoms with Gasteiger partial charge in [-0.3, -0.25) is 0 Å². The normalized spacial score (nSPS) is 16.8. The van der Waals surface area contributed by atoms with E-state index in [2.05, 4.69) is 228 Å². The van der Waals surface area contributed by atoms with Crippen molar-refractivity contribution in [3.63, 3.8) is 0 Å². The summed E-state index contributed by atoms with van der Waals surface area (Å²) < 4.78 is 0. The van der Waals surface area contributed by atoms with Crippen molar-refractivity contribution in [1.82, 2.24) is 0 Å². The second kappa shape index (κ2) is 15.5. The van der Waals surface area contributed by atoms with Gasteiger partial charge in [0.2, 0.25) is 0 Å². The summed E-state index contributed by atoms with van der Waals surface area (Å²) in [7, 11) is 0. The third-order valence-corrected chi connectivity index (χ3v) is 19.3. The number of fused-ring (bicyclic) bond motifs is 12. The highest BCUT2D eigenvalue weighted by atomic mass is 32.1. The second-order valence-corrected chi connectivity index (χ2v) is 24.2. The topological polar surface area (TPSA) is 0 Å². The van der Waals surface area contributed by atoms with Gasteiger partial charge < -0.3 is 0 Å². The van der Waals surface area contributed by atoms with Gasteiger partial charge in [0.15, 0.2) is 0 Å². The third-order valence-electron chi connectivity index (χ3n) is 16.9. The first kappa shape index (κ1) is 44.6. The van der Waals surface area contributed by atoms with Crippen molar-refractivity contribution in [3.05, 3.63) is 227 Å². The van der Waals surface area contributed by atoms with Crippen molar-refractivity contribution in [2.75, 3.05) is 0 Å². The molecule has 4 aliphatic carbocycles. The van der Waals surface area contributed by atoms with Gasteiger partial charge in [-0.15, -0.1) is 22.7 Å². The van der Waals surface area contributed by atoms with Gasteiger partial charge in [-0.2, -0.15) is 0 Å². The number of hydrogen-bond acceptors (Lipinski definition) is 2. The number of thiophene rings is 2. The van der Waals surface area contributed by atoms with Crippen molar-refractivity contribution in [3.8, 4) is 75.1 Å². The first-order chi connectivity index (χ1) is 33.5. The zero-order chi connectivity index (χ0) is 48.8. The standard InChI is InChI=1S/C68H60S2/c1-13-17-18-40(16-4)42-20-24-46-50-36-52-48-26-22-44(34-56(48)68(11,12)60(52)38-58(50)66(7,8)54(46)32-42)62-28-30-64(70-62)63-29-27-61(69-63)43-21-25-47-51-35-49-45-23-19-41(39(14-2)15-3)31-53(45)65(5,6)57(49)37-59(51)67(9,10)55(47)33-43/h13-38H,2,4H2,1,3,5-12H3/b17-13-,39-15+,40-18+. The molecule has 0 unspecified atom stereocenters. The third kappa shape index (κ3) is 6.25. The molecule has 0 fully saturated rings. The maximum Gasteiger partial charge on any atom is 0.0449 e. The Balaban J connectivity index is 0.827. The predicted octanol–water partition coefficient (Wildman–Crippen LogP) is 19.8. The van der Waals surface area contributed by atoms with E-state index < -0.39 is 0 Å². The fourth-order valence-electron chi connectivity index (χ4n) is 12.7. The Bertz CT molecular complexity index is 3700. The lowest BCUT2D eigenvalue weighted by Gasteiger charge is -2.26. The molecule has 0 spiro atoms. The predicted molar refractivity (Wildman–Crippen MR) is 306 cm³/mol. The van der Waals surface area contributed by atoms with Crippen LogP contribution in [0.5, 0.6) is 0 Å². The van der Waals surface area contributed by atoms with E-state index in [1.807, 2.05) is 34.8 Å². The molecular weight excluding hydrogens is 881 g/mol. The first-order valence-corrected chi connectivity index (χ1v) is 26.6. The summed E-state index contributed by atoms with van der Waals surface area (Å²) in [5, 5.41) is 0. The molecule has 2 aromatic heterocycles. The van der Waals surface area contributed by atoms with Crippen molar-refractivity contribution in [2.45, 2.75) is 90.9 Å². The summed E-state index contributed by atoms with van der Waals surface area (Å²) >= 11 is 3.81. The van der Waals surface area contributed by atoms with E-state index in [1.54, 1.807) is 0 Å². The lowest BCUT2D eigenvalue weighted by molar-refractivity contribution is 0.639. The van der Waals surface area contributed by atoms with E-state index >= 15 is 0 Å². The molecule has 2 heterocycles. The van der Waals surface area contributed by atoms with Crippen LogP contribution in [0.25, 0.3) is 86.3 Å². The minimum Gasteiger partial charge on any atom is -0.134 e. The van der Waals surface area contributed by atoms with Gasteiger partial charge in [0, 0.05) is 41.2 Å². The minimum atomic E-state index is -0.125. The SMILES string of the molecule is C=C/C(=C\C)c1ccc2c(c1)C(C)(C)c1cc3c(cc1-2)-c1ccc(-c2ccc(-c4ccc(-c5ccc6c(c5)C(C)(C)c5cc7c(cc5-6)-c5ccc(/C(C=C)=C/C=C\C)cc5C7(C)C)s4)s2)cc1C3(C)C. The van der Waals surface area contributed by atoms with Crippen molar-refractivity contribution < 1.29 is 0 Å². The number of allylic oxidation sites excluding steroid dienone is 8. The Kier molecular flexibility index (Phi) is 9.85. The Morgan fingerprint density at radius 3 is 1.09 bits per heavy atom. The molecule has 0 saturated carbocycles. The van der Waals surface area contributed by atoms with Crippen LogP contribution >= 0.6 is 22.7 Å². The Hall–Kier alpha value is -6.58. The summed E-state index contributed by atoms with van der Waals surface area (Å²) in [6, 6.07) is 47.8. The van der Waals surface area contributed by atoms with Crippen molar-refractivity contribution in [2.24, 2.45) is 0 Å². The monoisotopic (exact) mass is 940 g/mol. The second-order valence-electron chi connectivity index (χ2n) is 22.1. The fraction of sp³-hybridized carbons (Fsp3) is 0.206. The summed E-state index contributed by atoms with van der Waals surface area (Å²) in [5.74, 6) is 0. The van der Waals surface area contributed by atoms with Crippen LogP contribution in [-0.2, 0) is 21.7 Å². The molecule has 12 rings (SSSR count). The summed E-state index contributed by atoms with van der Waals surface area (Å²) in [6.45, 7) is 31.6. The minimum absolute atomic E-state index is 0.0949. The van der Waals surface area contributed by atoms with E-state index in [0.717, 1.165) is 5.57 Å². The van der Waals surface area contributed by atoms with Crippen LogP contribution in [-0.4, -0.2) is 0 Å². The van der Waals surface area contributed by atoms with Gasteiger partial charge in [-0.05, 0) is 197 Å². The van der Waals surface area contributed by atoms with E-state index in [-0.39, 0.29) is 21.7 Å². The molecule has 0 atom stereocenters. The summed E-state index contributed by atoms with van der Waals surface area (Å²) in [5.41, 5.74) is 29.1. The molecule has 8 aromatic rings. The van der Waals surface area contributed by atoms with Crippen LogP contribution < -0.4 is 0 Å². The smallest absolute Gasteiger partial charge is 0.0449 e. The lowest BCUT2D eigenvalue weighted by Crippen LogP contribution is -2.19. The highest BCUT2D eigenvalue weighted by molar-refractivity contribution is 7.25. The van der Waals surface area contributed by atoms with Crippen LogP contribution in [0, 0.1) is 0 Å². The average molecular weight is 941 g/mol. The Labute approximate surface area is 423 Å². The summed E-state index contributed by atoms with van der Waals surface area (Å²) in [6.07, 6.45) is 12.4. The molecule has 0 bridgehead atoms. The van der Waals surface area contributed by atoms with Crippen LogP contribution in [0.2, 0.25) is 0 Å². The largest absolute Gasteiger partial charge is 0.134 e. The molecule has 0 aliphatic heterocycles. The number of hydrogen-bond donors (Lipinski definition) is 0. The van der Waals surface area contributed by atoms with Crippen molar-refractivity contribution >= 4 is 33.8 Å². The number of rotatable bonds is 8. The number of benzene rings is 6. The van der Waals surface area contributed by atoms with Gasteiger partial charge >= 0.3 is 0 Å². The highest BCUT2D eigenvalue weighted by Gasteiger charge is 2.44. The van der Waals surface area contributed by atoms with E-state index in [4.69, 9.17) is 0 Å². The zero-order valence-electron chi connectivity index (χ0n) is 42.2. The van der Waals surface area contributed by atoms with Crippen LogP contribution in [0.3, 0.4) is 0 Å². The van der Waals surface area contributed by atoms with Crippen molar-refractivity contribution in [1.29, 1.82) is 0 Å². The Morgan fingerprint density at radius 1 is 0.371 bits per heavy atom. The summed E-state index contributed by atoms with van der Waals surface area (Å²) in [4.78, 5) is 5.25. The molecule has 344 valence electrons. The van der Waals surface area contributed by atoms with Gasteiger partial charge in [0.1, 0.15) is 0 Å². The molecule has 2 heteroatoms. The molecule has 6 aromatic carbocycles.